The fourth-order valence-corrected chi connectivity index (χ4v) is 4.44. The number of aliphatic carboxylic acids is 1. The first-order valence-electron chi connectivity index (χ1n) is 12.0. The zero-order valence-electron chi connectivity index (χ0n) is 19.9. The average Bonchev–Trinajstić information content (AvgIpc) is 3.17. The lowest BCUT2D eigenvalue weighted by Crippen LogP contribution is -2.35. The first-order chi connectivity index (χ1) is 17.0. The van der Waals surface area contributed by atoms with Gasteiger partial charge in [-0.05, 0) is 35.1 Å². The van der Waals surface area contributed by atoms with E-state index < -0.39 is 12.1 Å². The summed E-state index contributed by atoms with van der Waals surface area (Å²) in [6, 6.07) is 16.5. The number of nitrogens with zero attached hydrogens (tertiary/aromatic N) is 1. The first kappa shape index (κ1) is 25.8. The van der Waals surface area contributed by atoms with Crippen LogP contribution in [0.1, 0.15) is 55.6 Å². The molecule has 3 rings (SSSR count). The standard InChI is InChI=1S/C28H32N2O5/c1-2-18-30(19-27(32)33)26(31)16-6-4-3-5-11-17-29-28(34)35-20-25-23-14-9-7-12-21(23)22-13-8-10-15-24(22)25/h1,7-10,12-15,25H,3-6,11,16-20H2,(H,29,34)(H,32,33). The molecule has 0 bridgehead atoms. The van der Waals surface area contributed by atoms with Gasteiger partial charge in [-0.25, -0.2) is 4.79 Å². The number of hydrogen-bond acceptors (Lipinski definition) is 4. The van der Waals surface area contributed by atoms with E-state index in [9.17, 15) is 14.4 Å². The summed E-state index contributed by atoms with van der Waals surface area (Å²) in [5.74, 6) is 1.06. The van der Waals surface area contributed by atoms with Gasteiger partial charge in [-0.1, -0.05) is 73.7 Å². The number of fused-ring (bicyclic) bond motifs is 3. The molecule has 2 N–H and O–H groups in total. The van der Waals surface area contributed by atoms with Gasteiger partial charge in [-0.2, -0.15) is 0 Å². The van der Waals surface area contributed by atoms with Crippen molar-refractivity contribution in [2.24, 2.45) is 0 Å². The van der Waals surface area contributed by atoms with Crippen LogP contribution in [0.15, 0.2) is 48.5 Å². The predicted molar refractivity (Wildman–Crippen MR) is 134 cm³/mol. The number of hydrogen-bond donors (Lipinski definition) is 2. The minimum absolute atomic E-state index is 0.00662. The molecule has 0 spiro atoms. The first-order valence-corrected chi connectivity index (χ1v) is 12.0. The Morgan fingerprint density at radius 3 is 2.17 bits per heavy atom. The highest BCUT2D eigenvalue weighted by Gasteiger charge is 2.28. The van der Waals surface area contributed by atoms with Crippen molar-refractivity contribution in [1.29, 1.82) is 0 Å². The molecule has 1 aliphatic rings. The van der Waals surface area contributed by atoms with Crippen LogP contribution in [0.25, 0.3) is 11.1 Å². The molecule has 184 valence electrons. The van der Waals surface area contributed by atoms with Crippen molar-refractivity contribution in [3.8, 4) is 23.5 Å². The third-order valence-electron chi connectivity index (χ3n) is 6.14. The zero-order valence-corrected chi connectivity index (χ0v) is 19.9. The summed E-state index contributed by atoms with van der Waals surface area (Å²) >= 11 is 0. The van der Waals surface area contributed by atoms with Crippen molar-refractivity contribution in [2.75, 3.05) is 26.2 Å². The molecule has 0 saturated carbocycles. The number of carboxylic acids is 1. The minimum Gasteiger partial charge on any atom is -0.480 e. The van der Waals surface area contributed by atoms with Gasteiger partial charge in [0, 0.05) is 18.9 Å². The topological polar surface area (TPSA) is 95.9 Å². The van der Waals surface area contributed by atoms with E-state index in [-0.39, 0.29) is 31.3 Å². The summed E-state index contributed by atoms with van der Waals surface area (Å²) in [7, 11) is 0. The van der Waals surface area contributed by atoms with E-state index in [0.717, 1.165) is 25.7 Å². The number of rotatable bonds is 13. The van der Waals surface area contributed by atoms with Crippen molar-refractivity contribution in [1.82, 2.24) is 10.2 Å². The van der Waals surface area contributed by atoms with E-state index in [1.165, 1.54) is 27.2 Å². The van der Waals surface area contributed by atoms with Crippen molar-refractivity contribution < 1.29 is 24.2 Å². The molecule has 0 saturated heterocycles. The zero-order chi connectivity index (χ0) is 25.0. The van der Waals surface area contributed by atoms with Crippen LogP contribution in [0, 0.1) is 12.3 Å². The molecule has 1 aliphatic carbocycles. The minimum atomic E-state index is -1.07. The van der Waals surface area contributed by atoms with E-state index in [1.54, 1.807) is 0 Å². The fourth-order valence-electron chi connectivity index (χ4n) is 4.44. The van der Waals surface area contributed by atoms with Gasteiger partial charge in [0.15, 0.2) is 0 Å². The number of alkyl carbamates (subject to hydrolysis) is 1. The lowest BCUT2D eigenvalue weighted by Gasteiger charge is -2.17. The molecule has 2 aromatic carbocycles. The Bertz CT molecular complexity index is 1030. The molecule has 7 nitrogen and oxygen atoms in total. The van der Waals surface area contributed by atoms with Crippen molar-refractivity contribution in [3.63, 3.8) is 0 Å². The highest BCUT2D eigenvalue weighted by molar-refractivity contribution is 5.81. The van der Waals surface area contributed by atoms with Gasteiger partial charge in [0.2, 0.25) is 5.91 Å². The summed E-state index contributed by atoms with van der Waals surface area (Å²) in [5.41, 5.74) is 4.77. The number of benzene rings is 2. The molecule has 35 heavy (non-hydrogen) atoms. The molecule has 7 heteroatoms. The van der Waals surface area contributed by atoms with Crippen molar-refractivity contribution in [3.05, 3.63) is 59.7 Å². The second kappa shape index (κ2) is 13.2. The number of carboxylic acid groups (broad SMARTS) is 1. The van der Waals surface area contributed by atoms with Crippen LogP contribution in [0.4, 0.5) is 4.79 Å². The van der Waals surface area contributed by atoms with Crippen LogP contribution >= 0.6 is 0 Å². The number of amides is 2. The molecule has 0 unspecified atom stereocenters. The number of unbranched alkanes of at least 4 members (excludes halogenated alkanes) is 4. The molecular weight excluding hydrogens is 444 g/mol. The number of ether oxygens (including phenoxy) is 1. The number of carbonyl (C=O) groups excluding carboxylic acids is 2. The average molecular weight is 477 g/mol. The smallest absolute Gasteiger partial charge is 0.407 e. The van der Waals surface area contributed by atoms with Crippen LogP contribution in [0.2, 0.25) is 0 Å². The molecule has 0 heterocycles. The molecule has 2 amide bonds. The normalized spacial score (nSPS) is 11.7. The lowest BCUT2D eigenvalue weighted by atomic mass is 9.98. The van der Waals surface area contributed by atoms with Gasteiger partial charge in [0.25, 0.3) is 0 Å². The van der Waals surface area contributed by atoms with Crippen molar-refractivity contribution in [2.45, 2.75) is 44.4 Å². The molecule has 2 aromatic rings. The van der Waals surface area contributed by atoms with Gasteiger partial charge in [0.1, 0.15) is 13.2 Å². The Morgan fingerprint density at radius 2 is 1.54 bits per heavy atom. The Morgan fingerprint density at radius 1 is 0.943 bits per heavy atom. The molecule has 0 fully saturated rings. The SMILES string of the molecule is C#CCN(CC(=O)O)C(=O)CCCCCCCNC(=O)OCC1c2ccccc2-c2ccccc21. The maximum atomic E-state index is 12.2. The molecule has 0 aliphatic heterocycles. The summed E-state index contributed by atoms with van der Waals surface area (Å²) in [6.07, 6.45) is 9.27. The predicted octanol–water partition coefficient (Wildman–Crippen LogP) is 4.41. The molecular formula is C28H32N2O5. The lowest BCUT2D eigenvalue weighted by molar-refractivity contribution is -0.144. The van der Waals surface area contributed by atoms with Crippen LogP contribution in [-0.4, -0.2) is 54.2 Å². The van der Waals surface area contributed by atoms with E-state index >= 15 is 0 Å². The Hall–Kier alpha value is -3.79. The van der Waals surface area contributed by atoms with Gasteiger partial charge in [-0.3, -0.25) is 9.59 Å². The summed E-state index contributed by atoms with van der Waals surface area (Å²) in [6.45, 7) is 0.466. The number of nitrogens with one attached hydrogen (secondary N) is 1. The van der Waals surface area contributed by atoms with E-state index in [2.05, 4.69) is 35.5 Å². The summed E-state index contributed by atoms with van der Waals surface area (Å²) in [5, 5.41) is 11.7. The van der Waals surface area contributed by atoms with Gasteiger partial charge >= 0.3 is 12.1 Å². The Balaban J connectivity index is 1.29. The molecule has 0 aromatic heterocycles. The largest absolute Gasteiger partial charge is 0.480 e. The van der Waals surface area contributed by atoms with Gasteiger partial charge < -0.3 is 20.1 Å². The van der Waals surface area contributed by atoms with Crippen LogP contribution in [0.3, 0.4) is 0 Å². The second-order valence-corrected chi connectivity index (χ2v) is 8.62. The molecule has 0 radical (unpaired) electrons. The maximum Gasteiger partial charge on any atom is 0.407 e. The van der Waals surface area contributed by atoms with Crippen molar-refractivity contribution >= 4 is 18.0 Å². The van der Waals surface area contributed by atoms with Crippen LogP contribution in [-0.2, 0) is 14.3 Å². The number of carbonyl (C=O) groups is 3. The third kappa shape index (κ3) is 7.35. The van der Waals surface area contributed by atoms with E-state index in [0.29, 0.717) is 19.6 Å². The summed E-state index contributed by atoms with van der Waals surface area (Å²) < 4.78 is 5.53. The van der Waals surface area contributed by atoms with E-state index in [4.69, 9.17) is 16.3 Å². The van der Waals surface area contributed by atoms with Gasteiger partial charge in [-0.15, -0.1) is 6.42 Å². The maximum absolute atomic E-state index is 12.2. The monoisotopic (exact) mass is 476 g/mol. The van der Waals surface area contributed by atoms with Crippen LogP contribution < -0.4 is 5.32 Å². The Kier molecular flexibility index (Phi) is 9.73. The fraction of sp³-hybridized carbons (Fsp3) is 0.393. The summed E-state index contributed by atoms with van der Waals surface area (Å²) in [4.78, 5) is 36.3. The Labute approximate surface area is 206 Å². The number of terminal acetylenes is 1. The third-order valence-corrected chi connectivity index (χ3v) is 6.14. The highest BCUT2D eigenvalue weighted by atomic mass is 16.5. The second-order valence-electron chi connectivity index (χ2n) is 8.62. The highest BCUT2D eigenvalue weighted by Crippen LogP contribution is 2.44. The van der Waals surface area contributed by atoms with Gasteiger partial charge in [0.05, 0.1) is 6.54 Å². The van der Waals surface area contributed by atoms with Crippen LogP contribution in [0.5, 0.6) is 0 Å². The quantitative estimate of drug-likeness (QED) is 0.330. The molecule has 0 atom stereocenters. The van der Waals surface area contributed by atoms with E-state index in [1.807, 2.05) is 24.3 Å².